The Kier molecular flexibility index (Phi) is 6.78. The number of ether oxygens (including phenoxy) is 5. The molecule has 0 aromatic heterocycles. The van der Waals surface area contributed by atoms with E-state index in [4.69, 9.17) is 23.7 Å². The number of benzene rings is 2. The lowest BCUT2D eigenvalue weighted by Crippen LogP contribution is -1.90. The van der Waals surface area contributed by atoms with Crippen molar-refractivity contribution >= 4 is 11.9 Å². The van der Waals surface area contributed by atoms with E-state index in [0.717, 1.165) is 0 Å². The van der Waals surface area contributed by atoms with Crippen molar-refractivity contribution in [1.82, 2.24) is 0 Å². The Morgan fingerprint density at radius 1 is 0.655 bits per heavy atom. The molecule has 0 radical (unpaired) electrons. The van der Waals surface area contributed by atoms with Gasteiger partial charge in [0.1, 0.15) is 61.6 Å². The van der Waals surface area contributed by atoms with Gasteiger partial charge >= 0.3 is 0 Å². The van der Waals surface area contributed by atoms with E-state index in [1.165, 1.54) is 68.4 Å². The molecule has 8 nitrogen and oxygen atoms in total. The zero-order valence-corrected chi connectivity index (χ0v) is 15.0. The van der Waals surface area contributed by atoms with Crippen LogP contribution in [0, 0.1) is 0 Å². The summed E-state index contributed by atoms with van der Waals surface area (Å²) in [6.07, 6.45) is 12.0. The smallest absolute Gasteiger partial charge is 0.171 e. The molecule has 0 amide bonds. The number of hydrogen-bond acceptors (Lipinski definition) is 8. The molecule has 0 saturated carbocycles. The van der Waals surface area contributed by atoms with Crippen LogP contribution in [0.2, 0.25) is 0 Å². The molecule has 2 aromatic carbocycles. The molecule has 2 aromatic rings. The number of nitrogens with zero attached hydrogens (tertiary/aromatic N) is 1. The molecule has 0 unspecified atom stereocenters. The summed E-state index contributed by atoms with van der Waals surface area (Å²) >= 11 is 0. The summed E-state index contributed by atoms with van der Waals surface area (Å²) in [5.41, 5.74) is 0.995. The highest BCUT2D eigenvalue weighted by atomic mass is 16.5. The number of rotatable bonds is 2. The van der Waals surface area contributed by atoms with Crippen molar-refractivity contribution in [2.24, 2.45) is 4.99 Å². The molecule has 3 rings (SSSR count). The molecular weight excluding hydrogens is 378 g/mol. The van der Waals surface area contributed by atoms with Gasteiger partial charge in [0.25, 0.3) is 0 Å². The van der Waals surface area contributed by atoms with Crippen LogP contribution < -0.4 is 9.47 Å². The summed E-state index contributed by atoms with van der Waals surface area (Å²) in [6, 6.07) is 9.24. The molecule has 0 aliphatic carbocycles. The Balaban J connectivity index is 1.81. The standard InChI is InChI=1S/C21H17NO7/c23-18-3-1-16(19(24)14-18)15-22-17-2-4-20-21(13-17)29-12-10-27-8-6-25-5-7-26-9-11-28-20/h1-15,23-24H/b7-5-,8-6-,11-9-,12-10-,22-15?. The molecule has 0 bridgehead atoms. The van der Waals surface area contributed by atoms with Crippen molar-refractivity contribution in [3.63, 3.8) is 0 Å². The minimum atomic E-state index is -0.0844. The van der Waals surface area contributed by atoms with Crippen LogP contribution in [0.15, 0.2) is 91.5 Å². The topological polar surface area (TPSA) is 99.0 Å². The predicted molar refractivity (Wildman–Crippen MR) is 105 cm³/mol. The molecular formula is C21H17NO7. The Morgan fingerprint density at radius 3 is 1.93 bits per heavy atom. The van der Waals surface area contributed by atoms with Gasteiger partial charge in [0.05, 0.1) is 5.69 Å². The van der Waals surface area contributed by atoms with Crippen molar-refractivity contribution < 1.29 is 33.9 Å². The summed E-state index contributed by atoms with van der Waals surface area (Å²) in [4.78, 5) is 4.31. The molecule has 148 valence electrons. The Bertz CT molecular complexity index is 977. The number of aromatic hydroxyl groups is 2. The zero-order chi connectivity index (χ0) is 20.3. The maximum absolute atomic E-state index is 9.84. The number of phenols is 2. The van der Waals surface area contributed by atoms with E-state index >= 15 is 0 Å². The van der Waals surface area contributed by atoms with E-state index < -0.39 is 0 Å². The first-order valence-electron chi connectivity index (χ1n) is 8.32. The SMILES string of the molecule is Oc1ccc(C=Nc2ccc3c(c2)O/C=C\O/C=C\O/C=C\O/C=C\O3)c(O)c1. The summed E-state index contributed by atoms with van der Waals surface area (Å²) in [5.74, 6) is 0.658. The average Bonchev–Trinajstić information content (AvgIpc) is 2.72. The summed E-state index contributed by atoms with van der Waals surface area (Å²) in [5, 5.41) is 19.2. The van der Waals surface area contributed by atoms with Gasteiger partial charge in [0.15, 0.2) is 11.5 Å². The summed E-state index contributed by atoms with van der Waals surface area (Å²) in [7, 11) is 0. The molecule has 1 aliphatic rings. The van der Waals surface area contributed by atoms with E-state index in [2.05, 4.69) is 4.99 Å². The number of aliphatic imine (C=N–C) groups is 1. The minimum Gasteiger partial charge on any atom is -0.508 e. The first-order chi connectivity index (χ1) is 14.2. The molecule has 1 aliphatic heterocycles. The second-order valence-electron chi connectivity index (χ2n) is 5.36. The highest BCUT2D eigenvalue weighted by Gasteiger charge is 2.06. The van der Waals surface area contributed by atoms with Crippen LogP contribution in [0.25, 0.3) is 0 Å². The van der Waals surface area contributed by atoms with Crippen LogP contribution in [0.1, 0.15) is 5.56 Å². The molecule has 29 heavy (non-hydrogen) atoms. The normalized spacial score (nSPS) is 18.2. The van der Waals surface area contributed by atoms with Crippen LogP contribution >= 0.6 is 0 Å². The fourth-order valence-electron chi connectivity index (χ4n) is 2.08. The van der Waals surface area contributed by atoms with Crippen LogP contribution in [0.5, 0.6) is 23.0 Å². The van der Waals surface area contributed by atoms with Gasteiger partial charge in [-0.3, -0.25) is 4.99 Å². The Labute approximate surface area is 166 Å². The molecule has 0 saturated heterocycles. The van der Waals surface area contributed by atoms with Crippen molar-refractivity contribution in [1.29, 1.82) is 0 Å². The Morgan fingerprint density at radius 2 is 1.28 bits per heavy atom. The molecule has 0 fully saturated rings. The van der Waals surface area contributed by atoms with Crippen molar-refractivity contribution in [2.45, 2.75) is 0 Å². The van der Waals surface area contributed by atoms with Gasteiger partial charge < -0.3 is 33.9 Å². The third-order valence-electron chi connectivity index (χ3n) is 3.38. The lowest BCUT2D eigenvalue weighted by Gasteiger charge is -2.08. The van der Waals surface area contributed by atoms with E-state index in [1.807, 2.05) is 0 Å². The fraction of sp³-hybridized carbons (Fsp3) is 0. The predicted octanol–water partition coefficient (Wildman–Crippen LogP) is 4.55. The fourth-order valence-corrected chi connectivity index (χ4v) is 2.08. The molecule has 2 N–H and O–H groups in total. The third-order valence-corrected chi connectivity index (χ3v) is 3.38. The second-order valence-corrected chi connectivity index (χ2v) is 5.36. The summed E-state index contributed by atoms with van der Waals surface area (Å²) < 4.78 is 26.1. The van der Waals surface area contributed by atoms with Gasteiger partial charge in [-0.05, 0) is 24.3 Å². The van der Waals surface area contributed by atoms with Gasteiger partial charge in [0, 0.05) is 23.9 Å². The first kappa shape index (κ1) is 19.4. The van der Waals surface area contributed by atoms with Crippen LogP contribution in [0.3, 0.4) is 0 Å². The lowest BCUT2D eigenvalue weighted by molar-refractivity contribution is 0.316. The monoisotopic (exact) mass is 395 g/mol. The Hall–Kier alpha value is -4.33. The number of hydrogen-bond donors (Lipinski definition) is 2. The van der Waals surface area contributed by atoms with Crippen LogP contribution in [-0.2, 0) is 14.2 Å². The zero-order valence-electron chi connectivity index (χ0n) is 15.0. The molecule has 0 spiro atoms. The van der Waals surface area contributed by atoms with Gasteiger partial charge in [-0.2, -0.15) is 0 Å². The van der Waals surface area contributed by atoms with E-state index in [0.29, 0.717) is 22.7 Å². The van der Waals surface area contributed by atoms with Crippen LogP contribution in [0.4, 0.5) is 5.69 Å². The van der Waals surface area contributed by atoms with E-state index in [-0.39, 0.29) is 11.5 Å². The number of fused-ring (bicyclic) bond motifs is 1. The van der Waals surface area contributed by atoms with Gasteiger partial charge in [-0.25, -0.2) is 0 Å². The van der Waals surface area contributed by atoms with E-state index in [1.54, 1.807) is 24.3 Å². The van der Waals surface area contributed by atoms with E-state index in [9.17, 15) is 10.2 Å². The largest absolute Gasteiger partial charge is 0.508 e. The van der Waals surface area contributed by atoms with Crippen molar-refractivity contribution in [3.8, 4) is 23.0 Å². The minimum absolute atomic E-state index is 0.0323. The highest BCUT2D eigenvalue weighted by molar-refractivity contribution is 5.85. The third kappa shape index (κ3) is 6.10. The second kappa shape index (κ2) is 10.1. The summed E-state index contributed by atoms with van der Waals surface area (Å²) in [6.45, 7) is 0. The van der Waals surface area contributed by atoms with Crippen LogP contribution in [-0.4, -0.2) is 16.4 Å². The van der Waals surface area contributed by atoms with Crippen molar-refractivity contribution in [3.05, 3.63) is 92.1 Å². The quantitative estimate of drug-likeness (QED) is 0.720. The maximum atomic E-state index is 9.84. The highest BCUT2D eigenvalue weighted by Crippen LogP contribution is 2.32. The maximum Gasteiger partial charge on any atom is 0.171 e. The molecule has 0 atom stereocenters. The molecule has 1 heterocycles. The molecule has 8 heteroatoms. The number of phenolic OH excluding ortho intramolecular Hbond substituents is 2. The van der Waals surface area contributed by atoms with Crippen molar-refractivity contribution in [2.75, 3.05) is 0 Å². The van der Waals surface area contributed by atoms with Gasteiger partial charge in [-0.1, -0.05) is 0 Å². The van der Waals surface area contributed by atoms with Gasteiger partial charge in [-0.15, -0.1) is 0 Å². The lowest BCUT2D eigenvalue weighted by atomic mass is 10.2. The average molecular weight is 395 g/mol. The van der Waals surface area contributed by atoms with Gasteiger partial charge in [0.2, 0.25) is 0 Å². The first-order valence-corrected chi connectivity index (χ1v) is 8.32.